The largest absolute Gasteiger partial charge is 0.349 e. The SMILES string of the molecule is NCC1CCCC1NC(=O)c1cnn2ccncc12. The van der Waals surface area contributed by atoms with Crippen LogP contribution in [0.3, 0.4) is 0 Å². The molecule has 3 N–H and O–H groups in total. The summed E-state index contributed by atoms with van der Waals surface area (Å²) in [5.74, 6) is 0.303. The Kier molecular flexibility index (Phi) is 3.16. The lowest BCUT2D eigenvalue weighted by molar-refractivity contribution is 0.0930. The zero-order chi connectivity index (χ0) is 13.2. The van der Waals surface area contributed by atoms with Crippen molar-refractivity contribution in [2.45, 2.75) is 25.3 Å². The molecule has 2 aromatic rings. The average molecular weight is 259 g/mol. The maximum atomic E-state index is 12.3. The summed E-state index contributed by atoms with van der Waals surface area (Å²) in [6, 6.07) is 0.184. The Hall–Kier alpha value is -1.95. The highest BCUT2D eigenvalue weighted by molar-refractivity contribution is 6.00. The van der Waals surface area contributed by atoms with Gasteiger partial charge in [-0.1, -0.05) is 6.42 Å². The van der Waals surface area contributed by atoms with E-state index >= 15 is 0 Å². The molecule has 1 amide bonds. The summed E-state index contributed by atoms with van der Waals surface area (Å²) in [6.07, 6.45) is 9.83. The fraction of sp³-hybridized carbons (Fsp3) is 0.462. The zero-order valence-corrected chi connectivity index (χ0v) is 10.6. The minimum Gasteiger partial charge on any atom is -0.349 e. The molecule has 0 aliphatic heterocycles. The zero-order valence-electron chi connectivity index (χ0n) is 10.6. The molecule has 0 saturated heterocycles. The summed E-state index contributed by atoms with van der Waals surface area (Å²) < 4.78 is 1.65. The van der Waals surface area contributed by atoms with Crippen LogP contribution in [-0.2, 0) is 0 Å². The second-order valence-electron chi connectivity index (χ2n) is 4.97. The van der Waals surface area contributed by atoms with Crippen molar-refractivity contribution in [2.24, 2.45) is 11.7 Å². The molecule has 1 aliphatic rings. The lowest BCUT2D eigenvalue weighted by Crippen LogP contribution is -2.39. The summed E-state index contributed by atoms with van der Waals surface area (Å²) in [5.41, 5.74) is 7.02. The minimum absolute atomic E-state index is 0.0895. The minimum atomic E-state index is -0.0895. The first-order chi connectivity index (χ1) is 9.29. The molecular formula is C13H17N5O. The number of nitrogens with zero attached hydrogens (tertiary/aromatic N) is 3. The molecule has 1 saturated carbocycles. The Morgan fingerprint density at radius 3 is 3.21 bits per heavy atom. The third kappa shape index (κ3) is 2.19. The average Bonchev–Trinajstić information content (AvgIpc) is 3.04. The summed E-state index contributed by atoms with van der Waals surface area (Å²) in [4.78, 5) is 16.3. The fourth-order valence-electron chi connectivity index (χ4n) is 2.76. The number of carbonyl (C=O) groups is 1. The van der Waals surface area contributed by atoms with Crippen LogP contribution in [0.25, 0.3) is 5.52 Å². The number of nitrogens with one attached hydrogen (secondary N) is 1. The van der Waals surface area contributed by atoms with E-state index in [1.54, 1.807) is 29.3 Å². The van der Waals surface area contributed by atoms with Crippen LogP contribution in [0.15, 0.2) is 24.8 Å². The predicted octanol–water partition coefficient (Wildman–Crippen LogP) is 0.587. The molecule has 0 bridgehead atoms. The van der Waals surface area contributed by atoms with Gasteiger partial charge in [0.1, 0.15) is 0 Å². The first kappa shape index (κ1) is 12.1. The molecule has 2 aromatic heterocycles. The Morgan fingerprint density at radius 1 is 1.47 bits per heavy atom. The van der Waals surface area contributed by atoms with Gasteiger partial charge in [0.25, 0.3) is 5.91 Å². The molecule has 6 nitrogen and oxygen atoms in total. The summed E-state index contributed by atoms with van der Waals surface area (Å²) in [5, 5.41) is 7.22. The molecule has 6 heteroatoms. The number of fused-ring (bicyclic) bond motifs is 1. The monoisotopic (exact) mass is 259 g/mol. The molecule has 3 rings (SSSR count). The first-order valence-electron chi connectivity index (χ1n) is 6.58. The van der Waals surface area contributed by atoms with Crippen LogP contribution in [0.1, 0.15) is 29.6 Å². The van der Waals surface area contributed by atoms with Crippen LogP contribution in [0.4, 0.5) is 0 Å². The first-order valence-corrected chi connectivity index (χ1v) is 6.58. The van der Waals surface area contributed by atoms with Crippen molar-refractivity contribution in [2.75, 3.05) is 6.54 Å². The molecule has 2 heterocycles. The number of amides is 1. The molecule has 19 heavy (non-hydrogen) atoms. The molecule has 1 fully saturated rings. The van der Waals surface area contributed by atoms with Crippen molar-refractivity contribution < 1.29 is 4.79 Å². The molecule has 100 valence electrons. The maximum absolute atomic E-state index is 12.3. The standard InChI is InChI=1S/C13H17N5O/c14-6-9-2-1-3-11(9)17-13(19)10-7-16-18-5-4-15-8-12(10)18/h4-5,7-9,11H,1-3,6,14H2,(H,17,19). The van der Waals surface area contributed by atoms with Crippen molar-refractivity contribution in [3.63, 3.8) is 0 Å². The van der Waals surface area contributed by atoms with Gasteiger partial charge in [0, 0.05) is 18.4 Å². The Morgan fingerprint density at radius 2 is 2.37 bits per heavy atom. The fourth-order valence-corrected chi connectivity index (χ4v) is 2.76. The molecule has 2 atom stereocenters. The summed E-state index contributed by atoms with van der Waals surface area (Å²) >= 11 is 0. The second-order valence-corrected chi connectivity index (χ2v) is 4.97. The summed E-state index contributed by atoms with van der Waals surface area (Å²) in [6.45, 7) is 0.626. The second kappa shape index (κ2) is 4.97. The molecule has 0 aromatic carbocycles. The molecule has 0 radical (unpaired) electrons. The van der Waals surface area contributed by atoms with Gasteiger partial charge in [-0.2, -0.15) is 5.10 Å². The van der Waals surface area contributed by atoms with E-state index in [4.69, 9.17) is 5.73 Å². The van der Waals surface area contributed by atoms with Gasteiger partial charge in [0.2, 0.25) is 0 Å². The van der Waals surface area contributed by atoms with E-state index in [1.807, 2.05) is 0 Å². The molecule has 2 unspecified atom stereocenters. The van der Waals surface area contributed by atoms with E-state index in [0.29, 0.717) is 18.0 Å². The number of carbonyl (C=O) groups excluding carboxylic acids is 1. The maximum Gasteiger partial charge on any atom is 0.255 e. The lowest BCUT2D eigenvalue weighted by Gasteiger charge is -2.19. The topological polar surface area (TPSA) is 85.3 Å². The van der Waals surface area contributed by atoms with Gasteiger partial charge < -0.3 is 11.1 Å². The summed E-state index contributed by atoms with van der Waals surface area (Å²) in [7, 11) is 0. The van der Waals surface area contributed by atoms with Gasteiger partial charge in [-0.15, -0.1) is 0 Å². The number of hydrogen-bond acceptors (Lipinski definition) is 4. The van der Waals surface area contributed by atoms with E-state index in [1.165, 1.54) is 0 Å². The Labute approximate surface area is 111 Å². The number of nitrogens with two attached hydrogens (primary N) is 1. The van der Waals surface area contributed by atoms with Crippen LogP contribution < -0.4 is 11.1 Å². The van der Waals surface area contributed by atoms with E-state index in [9.17, 15) is 4.79 Å². The van der Waals surface area contributed by atoms with Gasteiger partial charge in [0.15, 0.2) is 0 Å². The number of aromatic nitrogens is 3. The van der Waals surface area contributed by atoms with Crippen molar-refractivity contribution in [3.05, 3.63) is 30.4 Å². The molecule has 0 spiro atoms. The van der Waals surface area contributed by atoms with Gasteiger partial charge in [-0.25, -0.2) is 4.52 Å². The highest BCUT2D eigenvalue weighted by atomic mass is 16.1. The highest BCUT2D eigenvalue weighted by Crippen LogP contribution is 2.25. The number of hydrogen-bond donors (Lipinski definition) is 2. The van der Waals surface area contributed by atoms with E-state index in [-0.39, 0.29) is 11.9 Å². The molecule has 1 aliphatic carbocycles. The quantitative estimate of drug-likeness (QED) is 0.844. The van der Waals surface area contributed by atoms with E-state index < -0.39 is 0 Å². The van der Waals surface area contributed by atoms with Gasteiger partial charge in [0.05, 0.1) is 23.5 Å². The molecular weight excluding hydrogens is 242 g/mol. The van der Waals surface area contributed by atoms with Crippen LogP contribution in [0.5, 0.6) is 0 Å². The smallest absolute Gasteiger partial charge is 0.255 e. The van der Waals surface area contributed by atoms with Gasteiger partial charge in [-0.3, -0.25) is 9.78 Å². The van der Waals surface area contributed by atoms with Gasteiger partial charge in [-0.05, 0) is 25.3 Å². The lowest BCUT2D eigenvalue weighted by atomic mass is 10.0. The van der Waals surface area contributed by atoms with Crippen molar-refractivity contribution in [3.8, 4) is 0 Å². The van der Waals surface area contributed by atoms with Crippen LogP contribution in [0.2, 0.25) is 0 Å². The Bertz CT molecular complexity index is 593. The van der Waals surface area contributed by atoms with Gasteiger partial charge >= 0.3 is 0 Å². The van der Waals surface area contributed by atoms with E-state index in [0.717, 1.165) is 24.8 Å². The van der Waals surface area contributed by atoms with Crippen LogP contribution in [0, 0.1) is 5.92 Å². The van der Waals surface area contributed by atoms with Crippen LogP contribution in [-0.4, -0.2) is 33.1 Å². The predicted molar refractivity (Wildman–Crippen MR) is 70.6 cm³/mol. The normalized spacial score (nSPS) is 22.8. The Balaban J connectivity index is 1.80. The van der Waals surface area contributed by atoms with Crippen molar-refractivity contribution >= 4 is 11.4 Å². The number of rotatable bonds is 3. The van der Waals surface area contributed by atoms with E-state index in [2.05, 4.69) is 15.4 Å². The third-order valence-electron chi connectivity index (χ3n) is 3.85. The van der Waals surface area contributed by atoms with Crippen molar-refractivity contribution in [1.29, 1.82) is 0 Å². The van der Waals surface area contributed by atoms with Crippen LogP contribution >= 0.6 is 0 Å². The highest BCUT2D eigenvalue weighted by Gasteiger charge is 2.28. The third-order valence-corrected chi connectivity index (χ3v) is 3.85. The van der Waals surface area contributed by atoms with Crippen molar-refractivity contribution in [1.82, 2.24) is 19.9 Å².